The molecule has 0 aliphatic rings. The highest BCUT2D eigenvalue weighted by atomic mass is 16.5. The van der Waals surface area contributed by atoms with Crippen molar-refractivity contribution in [3.8, 4) is 22.6 Å². The van der Waals surface area contributed by atoms with E-state index in [9.17, 15) is 9.59 Å². The molecule has 0 aliphatic carbocycles. The van der Waals surface area contributed by atoms with Crippen molar-refractivity contribution in [3.63, 3.8) is 0 Å². The first-order chi connectivity index (χ1) is 16.6. The molecule has 0 bridgehead atoms. The van der Waals surface area contributed by atoms with Crippen molar-refractivity contribution in [2.24, 2.45) is 0 Å². The first-order valence-corrected chi connectivity index (χ1v) is 10.7. The molecule has 170 valence electrons. The van der Waals surface area contributed by atoms with E-state index in [1.54, 1.807) is 48.5 Å². The van der Waals surface area contributed by atoms with E-state index in [1.807, 2.05) is 48.5 Å². The molecular weight excluding hydrogens is 428 g/mol. The topological polar surface area (TPSA) is 76.7 Å². The maximum atomic E-state index is 12.9. The van der Waals surface area contributed by atoms with E-state index in [0.717, 1.165) is 11.1 Å². The minimum absolute atomic E-state index is 0.281. The zero-order valence-electron chi connectivity index (χ0n) is 18.9. The molecule has 4 aromatic rings. The molecule has 0 radical (unpaired) electrons. The van der Waals surface area contributed by atoms with Crippen molar-refractivity contribution in [3.05, 3.63) is 108 Å². The predicted octanol–water partition coefficient (Wildman–Crippen LogP) is 5.88. The Morgan fingerprint density at radius 1 is 0.559 bits per heavy atom. The quantitative estimate of drug-likeness (QED) is 0.367. The third kappa shape index (κ3) is 5.07. The Bertz CT molecular complexity index is 1290. The summed E-state index contributed by atoms with van der Waals surface area (Å²) < 4.78 is 10.9. The summed E-state index contributed by atoms with van der Waals surface area (Å²) in [6.45, 7) is 0. The van der Waals surface area contributed by atoms with Gasteiger partial charge in [0.2, 0.25) is 0 Å². The number of methoxy groups -OCH3 is 2. The van der Waals surface area contributed by atoms with Crippen LogP contribution in [0, 0.1) is 0 Å². The maximum absolute atomic E-state index is 12.9. The Hall–Kier alpha value is -4.58. The number of rotatable bonds is 7. The average Bonchev–Trinajstić information content (AvgIpc) is 2.90. The third-order valence-corrected chi connectivity index (χ3v) is 5.31. The molecule has 2 amide bonds. The molecule has 6 nitrogen and oxygen atoms in total. The van der Waals surface area contributed by atoms with Gasteiger partial charge in [-0.25, -0.2) is 0 Å². The zero-order valence-corrected chi connectivity index (χ0v) is 18.9. The highest BCUT2D eigenvalue weighted by Gasteiger charge is 2.17. The number of hydrogen-bond acceptors (Lipinski definition) is 4. The fourth-order valence-electron chi connectivity index (χ4n) is 3.52. The molecule has 0 fully saturated rings. The number of benzene rings is 4. The fraction of sp³-hybridized carbons (Fsp3) is 0.0714. The summed E-state index contributed by atoms with van der Waals surface area (Å²) >= 11 is 0. The van der Waals surface area contributed by atoms with Crippen LogP contribution in [0.4, 0.5) is 11.4 Å². The molecule has 0 aromatic heterocycles. The summed E-state index contributed by atoms with van der Waals surface area (Å²) in [4.78, 5) is 25.5. The van der Waals surface area contributed by atoms with Crippen LogP contribution in [0.1, 0.15) is 20.7 Å². The Labute approximate surface area is 198 Å². The standard InChI is InChI=1S/C28H24N2O4/c1-33-25-18-24(26(34-2)17-23(25)29-27(31)21-11-7-4-8-12-21)30-28(32)22-15-13-20(14-16-22)19-9-5-3-6-10-19/h3-18H,1-2H3,(H,29,31)(H,30,32). The fourth-order valence-corrected chi connectivity index (χ4v) is 3.52. The van der Waals surface area contributed by atoms with Gasteiger partial charge in [-0.3, -0.25) is 9.59 Å². The molecule has 4 aromatic carbocycles. The Morgan fingerprint density at radius 2 is 0.971 bits per heavy atom. The summed E-state index contributed by atoms with van der Waals surface area (Å²) in [6.07, 6.45) is 0. The molecular formula is C28H24N2O4. The first-order valence-electron chi connectivity index (χ1n) is 10.7. The number of carbonyl (C=O) groups is 2. The second-order valence-corrected chi connectivity index (χ2v) is 7.47. The van der Waals surface area contributed by atoms with Crippen LogP contribution in [0.5, 0.6) is 11.5 Å². The normalized spacial score (nSPS) is 10.3. The van der Waals surface area contributed by atoms with E-state index in [2.05, 4.69) is 10.6 Å². The van der Waals surface area contributed by atoms with Gasteiger partial charge in [-0.05, 0) is 35.4 Å². The van der Waals surface area contributed by atoms with Crippen molar-refractivity contribution in [1.29, 1.82) is 0 Å². The average molecular weight is 453 g/mol. The van der Waals surface area contributed by atoms with Crippen LogP contribution in [-0.4, -0.2) is 26.0 Å². The van der Waals surface area contributed by atoms with Gasteiger partial charge in [-0.15, -0.1) is 0 Å². The van der Waals surface area contributed by atoms with Crippen LogP contribution in [0.2, 0.25) is 0 Å². The monoisotopic (exact) mass is 452 g/mol. The van der Waals surface area contributed by atoms with Gasteiger partial charge in [-0.1, -0.05) is 60.7 Å². The number of carbonyl (C=O) groups excluding carboxylic acids is 2. The molecule has 0 aliphatic heterocycles. The zero-order chi connectivity index (χ0) is 23.9. The van der Waals surface area contributed by atoms with E-state index >= 15 is 0 Å². The second kappa shape index (κ2) is 10.4. The van der Waals surface area contributed by atoms with Crippen LogP contribution in [0.25, 0.3) is 11.1 Å². The lowest BCUT2D eigenvalue weighted by Crippen LogP contribution is -2.15. The molecule has 0 saturated heterocycles. The van der Waals surface area contributed by atoms with Gasteiger partial charge in [0.05, 0.1) is 25.6 Å². The van der Waals surface area contributed by atoms with Crippen molar-refractivity contribution in [2.45, 2.75) is 0 Å². The number of hydrogen-bond donors (Lipinski definition) is 2. The lowest BCUT2D eigenvalue weighted by atomic mass is 10.0. The van der Waals surface area contributed by atoms with E-state index in [4.69, 9.17) is 9.47 Å². The van der Waals surface area contributed by atoms with Gasteiger partial charge in [0.25, 0.3) is 11.8 Å². The molecule has 0 atom stereocenters. The van der Waals surface area contributed by atoms with Gasteiger partial charge in [0.15, 0.2) is 0 Å². The van der Waals surface area contributed by atoms with E-state index in [1.165, 1.54) is 14.2 Å². The van der Waals surface area contributed by atoms with E-state index < -0.39 is 0 Å². The molecule has 0 heterocycles. The van der Waals surface area contributed by atoms with Crippen molar-refractivity contribution in [2.75, 3.05) is 24.9 Å². The van der Waals surface area contributed by atoms with Crippen LogP contribution in [-0.2, 0) is 0 Å². The number of nitrogens with one attached hydrogen (secondary N) is 2. The Morgan fingerprint density at radius 3 is 1.44 bits per heavy atom. The number of amides is 2. The lowest BCUT2D eigenvalue weighted by molar-refractivity contribution is 0.101. The Kier molecular flexibility index (Phi) is 6.89. The van der Waals surface area contributed by atoms with E-state index in [-0.39, 0.29) is 11.8 Å². The lowest BCUT2D eigenvalue weighted by Gasteiger charge is -2.16. The summed E-state index contributed by atoms with van der Waals surface area (Å²) in [7, 11) is 2.99. The third-order valence-electron chi connectivity index (χ3n) is 5.31. The Balaban J connectivity index is 1.54. The second-order valence-electron chi connectivity index (χ2n) is 7.47. The molecule has 0 saturated carbocycles. The predicted molar refractivity (Wildman–Crippen MR) is 134 cm³/mol. The largest absolute Gasteiger partial charge is 0.494 e. The van der Waals surface area contributed by atoms with Crippen molar-refractivity contribution >= 4 is 23.2 Å². The van der Waals surface area contributed by atoms with Crippen LogP contribution < -0.4 is 20.1 Å². The van der Waals surface area contributed by atoms with E-state index in [0.29, 0.717) is 34.0 Å². The van der Waals surface area contributed by atoms with Crippen molar-refractivity contribution in [1.82, 2.24) is 0 Å². The molecule has 0 spiro atoms. The number of anilines is 2. The van der Waals surface area contributed by atoms with Gasteiger partial charge in [-0.2, -0.15) is 0 Å². The van der Waals surface area contributed by atoms with Gasteiger partial charge >= 0.3 is 0 Å². The minimum atomic E-state index is -0.291. The summed E-state index contributed by atoms with van der Waals surface area (Å²) in [6, 6.07) is 29.4. The summed E-state index contributed by atoms with van der Waals surface area (Å²) in [5.41, 5.74) is 3.97. The summed E-state index contributed by atoms with van der Waals surface area (Å²) in [5.74, 6) is 0.204. The van der Waals surface area contributed by atoms with Gasteiger partial charge < -0.3 is 20.1 Å². The number of ether oxygens (including phenoxy) is 2. The smallest absolute Gasteiger partial charge is 0.255 e. The molecule has 34 heavy (non-hydrogen) atoms. The first kappa shape index (κ1) is 22.6. The minimum Gasteiger partial charge on any atom is -0.494 e. The molecule has 2 N–H and O–H groups in total. The molecule has 4 rings (SSSR count). The molecule has 0 unspecified atom stereocenters. The van der Waals surface area contributed by atoms with Crippen LogP contribution in [0.15, 0.2) is 97.1 Å². The van der Waals surface area contributed by atoms with Crippen LogP contribution in [0.3, 0.4) is 0 Å². The van der Waals surface area contributed by atoms with Crippen molar-refractivity contribution < 1.29 is 19.1 Å². The SMILES string of the molecule is COc1cc(NC(=O)c2ccc(-c3ccccc3)cc2)c(OC)cc1NC(=O)c1ccccc1. The highest BCUT2D eigenvalue weighted by Crippen LogP contribution is 2.37. The van der Waals surface area contributed by atoms with Crippen LogP contribution >= 0.6 is 0 Å². The molecule has 6 heteroatoms. The summed E-state index contributed by atoms with van der Waals surface area (Å²) in [5, 5.41) is 5.70. The van der Waals surface area contributed by atoms with Gasteiger partial charge in [0.1, 0.15) is 11.5 Å². The highest BCUT2D eigenvalue weighted by molar-refractivity contribution is 6.07. The van der Waals surface area contributed by atoms with Gasteiger partial charge in [0, 0.05) is 23.3 Å². The maximum Gasteiger partial charge on any atom is 0.255 e.